The molecule has 1 amide bonds. The Morgan fingerprint density at radius 1 is 1.05 bits per heavy atom. The number of ether oxygens (including phenoxy) is 1. The van der Waals surface area contributed by atoms with E-state index in [1.165, 1.54) is 0 Å². The molecule has 0 bridgehead atoms. The predicted octanol–water partition coefficient (Wildman–Crippen LogP) is 5.27. The smallest absolute Gasteiger partial charge is 0.323 e. The highest BCUT2D eigenvalue weighted by Gasteiger charge is 2.35. The van der Waals surface area contributed by atoms with Gasteiger partial charge in [-0.15, -0.1) is 0 Å². The molecule has 2 aromatic carbocycles. The first-order chi connectivity index (χ1) is 18.9. The van der Waals surface area contributed by atoms with E-state index in [-0.39, 0.29) is 35.4 Å². The summed E-state index contributed by atoms with van der Waals surface area (Å²) in [5.74, 6) is -0.718. The fourth-order valence-corrected chi connectivity index (χ4v) is 6.17. The number of primary amides is 1. The average molecular weight is 545 g/mol. The van der Waals surface area contributed by atoms with Gasteiger partial charge in [0.25, 0.3) is 5.91 Å². The fourth-order valence-electron chi connectivity index (χ4n) is 6.17. The molecule has 0 unspecified atom stereocenters. The van der Waals surface area contributed by atoms with E-state index in [1.54, 1.807) is 6.07 Å². The molecule has 212 valence electrons. The zero-order valence-corrected chi connectivity index (χ0v) is 23.8. The van der Waals surface area contributed by atoms with Crippen molar-refractivity contribution >= 4 is 34.4 Å². The summed E-state index contributed by atoms with van der Waals surface area (Å²) in [6.07, 6.45) is 4.11. The number of amides is 1. The fraction of sp³-hybridized carbons (Fsp3) is 0.469. The number of nitrogens with two attached hydrogens (primary N) is 2. The number of anilines is 1. The van der Waals surface area contributed by atoms with Crippen molar-refractivity contribution in [1.29, 1.82) is 0 Å². The number of benzene rings is 2. The number of nitrogens with one attached hydrogen (secondary N) is 1. The lowest BCUT2D eigenvalue weighted by Crippen LogP contribution is -2.40. The summed E-state index contributed by atoms with van der Waals surface area (Å²) in [4.78, 5) is 38.0. The van der Waals surface area contributed by atoms with E-state index in [9.17, 15) is 14.4 Å². The van der Waals surface area contributed by atoms with Crippen LogP contribution in [-0.4, -0.2) is 40.5 Å². The molecular formula is C32H40N4O4. The van der Waals surface area contributed by atoms with E-state index in [1.807, 2.05) is 48.7 Å². The summed E-state index contributed by atoms with van der Waals surface area (Å²) >= 11 is 0. The molecule has 1 atom stereocenters. The van der Waals surface area contributed by atoms with Crippen LogP contribution in [0.3, 0.4) is 0 Å². The van der Waals surface area contributed by atoms with Gasteiger partial charge in [-0.3, -0.25) is 19.0 Å². The Kier molecular flexibility index (Phi) is 7.48. The van der Waals surface area contributed by atoms with Crippen molar-refractivity contribution < 1.29 is 19.1 Å². The Morgan fingerprint density at radius 3 is 2.42 bits per heavy atom. The Labute approximate surface area is 235 Å². The lowest BCUT2D eigenvalue weighted by molar-refractivity contribution is -0.153. The third-order valence-corrected chi connectivity index (χ3v) is 8.38. The van der Waals surface area contributed by atoms with Gasteiger partial charge in [-0.1, -0.05) is 52.0 Å². The number of nitrogens with zero attached hydrogens (tertiary/aromatic N) is 1. The molecule has 8 nitrogen and oxygen atoms in total. The van der Waals surface area contributed by atoms with Gasteiger partial charge < -0.3 is 21.5 Å². The van der Waals surface area contributed by atoms with E-state index in [2.05, 4.69) is 25.2 Å². The van der Waals surface area contributed by atoms with Gasteiger partial charge in [0.2, 0.25) is 5.91 Å². The third kappa shape index (κ3) is 5.37. The van der Waals surface area contributed by atoms with Crippen LogP contribution in [-0.2, 0) is 16.0 Å². The highest BCUT2D eigenvalue weighted by Crippen LogP contribution is 2.43. The normalized spacial score (nSPS) is 21.2. The van der Waals surface area contributed by atoms with Gasteiger partial charge in [0.15, 0.2) is 0 Å². The Hall–Kier alpha value is -3.65. The van der Waals surface area contributed by atoms with Crippen molar-refractivity contribution in [3.05, 3.63) is 53.7 Å². The van der Waals surface area contributed by atoms with E-state index in [4.69, 9.17) is 16.2 Å². The summed E-state index contributed by atoms with van der Waals surface area (Å²) in [6, 6.07) is 13.2. The van der Waals surface area contributed by atoms with Crippen molar-refractivity contribution in [2.24, 2.45) is 22.8 Å². The summed E-state index contributed by atoms with van der Waals surface area (Å²) in [5, 5.41) is 4.58. The number of para-hydroxylation sites is 1. The van der Waals surface area contributed by atoms with E-state index in [0.29, 0.717) is 30.5 Å². The van der Waals surface area contributed by atoms with E-state index >= 15 is 0 Å². The minimum absolute atomic E-state index is 0.0257. The van der Waals surface area contributed by atoms with Crippen LogP contribution in [0.4, 0.5) is 5.69 Å². The molecule has 1 saturated carbocycles. The maximum Gasteiger partial charge on any atom is 0.323 e. The van der Waals surface area contributed by atoms with Crippen molar-refractivity contribution in [3.8, 4) is 11.1 Å². The maximum absolute atomic E-state index is 13.2. The molecule has 40 heavy (non-hydrogen) atoms. The molecule has 0 saturated heterocycles. The number of esters is 1. The number of carbonyl (C=O) groups is 3. The van der Waals surface area contributed by atoms with Crippen LogP contribution in [0.2, 0.25) is 0 Å². The first kappa shape index (κ1) is 27.9. The molecule has 1 aliphatic carbocycles. The van der Waals surface area contributed by atoms with Gasteiger partial charge in [0, 0.05) is 34.8 Å². The molecule has 5 N–H and O–H groups in total. The first-order valence-electron chi connectivity index (χ1n) is 14.3. The third-order valence-electron chi connectivity index (χ3n) is 8.38. The van der Waals surface area contributed by atoms with E-state index in [0.717, 1.165) is 47.0 Å². The molecule has 1 aromatic heterocycles. The topological polar surface area (TPSA) is 129 Å². The number of hydrogen-bond acceptors (Lipinski definition) is 6. The zero-order valence-electron chi connectivity index (χ0n) is 23.8. The first-order valence-corrected chi connectivity index (χ1v) is 14.3. The molecule has 1 aliphatic heterocycles. The lowest BCUT2D eigenvalue weighted by Gasteiger charge is -2.31. The number of rotatable bonds is 7. The molecule has 2 heterocycles. The number of aromatic nitrogens is 1. The number of carbonyl (C=O) groups excluding carboxylic acids is 3. The van der Waals surface area contributed by atoms with Crippen LogP contribution >= 0.6 is 0 Å². The second kappa shape index (κ2) is 10.7. The summed E-state index contributed by atoms with van der Waals surface area (Å²) in [5.41, 5.74) is 16.6. The van der Waals surface area contributed by atoms with Crippen LogP contribution < -0.4 is 16.8 Å². The molecule has 3 aromatic rings. The molecular weight excluding hydrogens is 504 g/mol. The van der Waals surface area contributed by atoms with Crippen LogP contribution in [0, 0.1) is 11.3 Å². The van der Waals surface area contributed by atoms with Crippen molar-refractivity contribution in [1.82, 2.24) is 4.57 Å². The highest BCUT2D eigenvalue weighted by molar-refractivity contribution is 6.06. The zero-order chi connectivity index (χ0) is 28.8. The molecule has 0 spiro atoms. The maximum atomic E-state index is 13.2. The Morgan fingerprint density at radius 2 is 1.75 bits per heavy atom. The van der Waals surface area contributed by atoms with Crippen LogP contribution in [0.25, 0.3) is 22.0 Å². The molecule has 8 heteroatoms. The van der Waals surface area contributed by atoms with Gasteiger partial charge in [-0.25, -0.2) is 0 Å². The Bertz CT molecular complexity index is 1460. The van der Waals surface area contributed by atoms with Crippen LogP contribution in [0.15, 0.2) is 42.5 Å². The quantitative estimate of drug-likeness (QED) is 0.348. The van der Waals surface area contributed by atoms with Gasteiger partial charge in [-0.05, 0) is 67.2 Å². The standard InChI is InChI=1S/C32H40N4O4/c1-18(2)29(33)31(39)40-21-12-10-20(11-13-21)35-24-15-19(9-14-22(24)30(34)38)28-23-7-5-6-8-25(23)36-26(28)16-32(3,4)17-27(36)37/h5-9,14-15,18,20-21,29,35H,10-13,16-17,33H2,1-4H3,(H2,34,38)/t20-,21-,29-/m0/s1. The van der Waals surface area contributed by atoms with Crippen molar-refractivity contribution in [3.63, 3.8) is 0 Å². The lowest BCUT2D eigenvalue weighted by atomic mass is 9.80. The minimum atomic E-state index is -0.617. The SMILES string of the molecule is CC(C)[C@H](N)C(=O)O[C@H]1CC[C@H](Nc2cc(-c3c4n(c5ccccc35)C(=O)CC(C)(C)C4)ccc2C(N)=O)CC1. The van der Waals surface area contributed by atoms with Crippen molar-refractivity contribution in [2.45, 2.75) is 84.4 Å². The highest BCUT2D eigenvalue weighted by atomic mass is 16.5. The summed E-state index contributed by atoms with van der Waals surface area (Å²) in [7, 11) is 0. The number of hydrogen-bond donors (Lipinski definition) is 3. The molecule has 5 rings (SSSR count). The average Bonchev–Trinajstić information content (AvgIpc) is 3.22. The van der Waals surface area contributed by atoms with Gasteiger partial charge >= 0.3 is 5.97 Å². The van der Waals surface area contributed by atoms with Crippen molar-refractivity contribution in [2.75, 3.05) is 5.32 Å². The Balaban J connectivity index is 1.43. The molecule has 0 radical (unpaired) electrons. The van der Waals surface area contributed by atoms with E-state index < -0.39 is 11.9 Å². The second-order valence-corrected chi connectivity index (χ2v) is 12.5. The van der Waals surface area contributed by atoms with Gasteiger partial charge in [0.1, 0.15) is 12.1 Å². The monoisotopic (exact) mass is 544 g/mol. The molecule has 2 aliphatic rings. The van der Waals surface area contributed by atoms with Gasteiger partial charge in [0.05, 0.1) is 11.1 Å². The van der Waals surface area contributed by atoms with Gasteiger partial charge in [-0.2, -0.15) is 0 Å². The van der Waals surface area contributed by atoms with Crippen LogP contribution in [0.1, 0.15) is 80.6 Å². The summed E-state index contributed by atoms with van der Waals surface area (Å²) in [6.45, 7) is 8.07. The number of fused-ring (bicyclic) bond motifs is 3. The molecule has 1 fully saturated rings. The largest absolute Gasteiger partial charge is 0.461 e. The van der Waals surface area contributed by atoms with Crippen LogP contribution in [0.5, 0.6) is 0 Å². The minimum Gasteiger partial charge on any atom is -0.461 e. The predicted molar refractivity (Wildman–Crippen MR) is 157 cm³/mol. The second-order valence-electron chi connectivity index (χ2n) is 12.5. The summed E-state index contributed by atoms with van der Waals surface area (Å²) < 4.78 is 7.54.